The Kier molecular flexibility index (Phi) is 3.82. The maximum absolute atomic E-state index is 6.29. The summed E-state index contributed by atoms with van der Waals surface area (Å²) < 4.78 is 6.29. The second kappa shape index (κ2) is 6.78. The lowest BCUT2D eigenvalue weighted by Crippen LogP contribution is -2.10. The highest BCUT2D eigenvalue weighted by molar-refractivity contribution is 6.17. The Morgan fingerprint density at radius 1 is 0.433 bits per heavy atom. The quantitative estimate of drug-likeness (QED) is 0.305. The van der Waals surface area contributed by atoms with E-state index in [-0.39, 0.29) is 0 Å². The first kappa shape index (κ1) is 16.9. The van der Waals surface area contributed by atoms with Crippen LogP contribution in [0, 0.1) is 0 Å². The van der Waals surface area contributed by atoms with E-state index in [9.17, 15) is 0 Å². The van der Waals surface area contributed by atoms with Gasteiger partial charge in [-0.1, -0.05) is 72.8 Å². The Bertz CT molecular complexity index is 1440. The van der Waals surface area contributed by atoms with Crippen LogP contribution in [0.5, 0.6) is 0 Å². The number of anilines is 3. The molecular formula is C28H19NO. The van der Waals surface area contributed by atoms with Gasteiger partial charge in [-0.05, 0) is 42.5 Å². The number of fused-ring (bicyclic) bond motifs is 5. The second-order valence-corrected chi connectivity index (χ2v) is 7.42. The van der Waals surface area contributed by atoms with Crippen LogP contribution in [-0.2, 0) is 0 Å². The lowest BCUT2D eigenvalue weighted by molar-refractivity contribution is 0.672. The molecule has 0 saturated heterocycles. The molecule has 6 aromatic rings. The number of hydrogen-bond acceptors (Lipinski definition) is 2. The average molecular weight is 385 g/mol. The fourth-order valence-corrected chi connectivity index (χ4v) is 4.30. The summed E-state index contributed by atoms with van der Waals surface area (Å²) in [6.07, 6.45) is 0. The van der Waals surface area contributed by atoms with Crippen molar-refractivity contribution in [3.8, 4) is 0 Å². The fraction of sp³-hybridized carbons (Fsp3) is 0. The summed E-state index contributed by atoms with van der Waals surface area (Å²) in [6.45, 7) is 0. The lowest BCUT2D eigenvalue weighted by atomic mass is 10.0. The molecule has 142 valence electrons. The van der Waals surface area contributed by atoms with Crippen molar-refractivity contribution >= 4 is 49.8 Å². The summed E-state index contributed by atoms with van der Waals surface area (Å²) in [7, 11) is 0. The molecular weight excluding hydrogens is 366 g/mol. The van der Waals surface area contributed by atoms with E-state index in [1.807, 2.05) is 24.3 Å². The monoisotopic (exact) mass is 385 g/mol. The Morgan fingerprint density at radius 3 is 1.73 bits per heavy atom. The molecule has 0 spiro atoms. The van der Waals surface area contributed by atoms with E-state index in [4.69, 9.17) is 4.42 Å². The van der Waals surface area contributed by atoms with Gasteiger partial charge in [0.15, 0.2) is 0 Å². The minimum atomic E-state index is 0.924. The third-order valence-electron chi connectivity index (χ3n) is 5.65. The first-order valence-corrected chi connectivity index (χ1v) is 10.1. The van der Waals surface area contributed by atoms with Gasteiger partial charge >= 0.3 is 0 Å². The van der Waals surface area contributed by atoms with Crippen molar-refractivity contribution in [1.82, 2.24) is 0 Å². The van der Waals surface area contributed by atoms with Crippen LogP contribution in [0.2, 0.25) is 0 Å². The van der Waals surface area contributed by atoms with Crippen LogP contribution in [0.15, 0.2) is 120 Å². The molecule has 0 amide bonds. The summed E-state index contributed by atoms with van der Waals surface area (Å²) in [5, 5.41) is 4.60. The normalized spacial score (nSPS) is 11.3. The summed E-state index contributed by atoms with van der Waals surface area (Å²) in [5.74, 6) is 0. The van der Waals surface area contributed by atoms with Crippen LogP contribution in [0.4, 0.5) is 17.1 Å². The molecule has 0 bridgehead atoms. The van der Waals surface area contributed by atoms with Gasteiger partial charge in [-0.2, -0.15) is 0 Å². The van der Waals surface area contributed by atoms with E-state index in [0.29, 0.717) is 0 Å². The molecule has 1 heterocycles. The van der Waals surface area contributed by atoms with Crippen LogP contribution in [-0.4, -0.2) is 0 Å². The zero-order chi connectivity index (χ0) is 19.9. The van der Waals surface area contributed by atoms with E-state index < -0.39 is 0 Å². The number of hydrogen-bond donors (Lipinski definition) is 0. The highest BCUT2D eigenvalue weighted by atomic mass is 16.3. The van der Waals surface area contributed by atoms with Crippen molar-refractivity contribution < 1.29 is 4.42 Å². The summed E-state index contributed by atoms with van der Waals surface area (Å²) in [4.78, 5) is 2.30. The van der Waals surface area contributed by atoms with Crippen molar-refractivity contribution in [1.29, 1.82) is 0 Å². The molecule has 1 aromatic heterocycles. The van der Waals surface area contributed by atoms with Crippen LogP contribution in [0.3, 0.4) is 0 Å². The Morgan fingerprint density at radius 2 is 1.00 bits per heavy atom. The standard InChI is InChI=1S/C28H19NO/c1-3-10-20(11-4-1)29(21-12-5-2-6-13-21)26-16-9-15-24-22(26)18-19-25-23-14-7-8-17-27(23)30-28(24)25/h1-19H. The molecule has 6 rings (SSSR count). The van der Waals surface area contributed by atoms with E-state index in [2.05, 4.69) is 95.9 Å². The zero-order valence-electron chi connectivity index (χ0n) is 16.3. The predicted octanol–water partition coefficient (Wildman–Crippen LogP) is 8.21. The van der Waals surface area contributed by atoms with E-state index in [1.54, 1.807) is 0 Å². The van der Waals surface area contributed by atoms with Crippen LogP contribution < -0.4 is 4.90 Å². The maximum Gasteiger partial charge on any atom is 0.143 e. The highest BCUT2D eigenvalue weighted by Gasteiger charge is 2.17. The predicted molar refractivity (Wildman–Crippen MR) is 126 cm³/mol. The van der Waals surface area contributed by atoms with Crippen molar-refractivity contribution in [3.05, 3.63) is 115 Å². The van der Waals surface area contributed by atoms with Crippen molar-refractivity contribution in [2.24, 2.45) is 0 Å². The summed E-state index contributed by atoms with van der Waals surface area (Å²) in [5.41, 5.74) is 5.25. The minimum absolute atomic E-state index is 0.924. The van der Waals surface area contributed by atoms with Gasteiger partial charge in [0.1, 0.15) is 11.2 Å². The van der Waals surface area contributed by atoms with E-state index in [0.717, 1.165) is 49.8 Å². The Labute approximate surface area is 174 Å². The minimum Gasteiger partial charge on any atom is -0.455 e. The molecule has 2 heteroatoms. The third-order valence-corrected chi connectivity index (χ3v) is 5.65. The van der Waals surface area contributed by atoms with Crippen molar-refractivity contribution in [3.63, 3.8) is 0 Å². The van der Waals surface area contributed by atoms with Gasteiger partial charge in [-0.15, -0.1) is 0 Å². The maximum atomic E-state index is 6.29. The van der Waals surface area contributed by atoms with Gasteiger partial charge in [0, 0.05) is 32.9 Å². The van der Waals surface area contributed by atoms with Gasteiger partial charge < -0.3 is 9.32 Å². The number of benzene rings is 5. The SMILES string of the molecule is c1ccc(N(c2ccccc2)c2cccc3c2ccc2c4ccccc4oc32)cc1. The van der Waals surface area contributed by atoms with Crippen LogP contribution in [0.1, 0.15) is 0 Å². The zero-order valence-corrected chi connectivity index (χ0v) is 16.3. The summed E-state index contributed by atoms with van der Waals surface area (Å²) >= 11 is 0. The van der Waals surface area contributed by atoms with Crippen molar-refractivity contribution in [2.75, 3.05) is 4.90 Å². The molecule has 5 aromatic carbocycles. The molecule has 0 atom stereocenters. The molecule has 0 aliphatic carbocycles. The summed E-state index contributed by atoms with van der Waals surface area (Å²) in [6, 6.07) is 40.1. The number of para-hydroxylation sites is 3. The Hall–Kier alpha value is -4.04. The van der Waals surface area contributed by atoms with Gasteiger partial charge in [-0.3, -0.25) is 0 Å². The number of furan rings is 1. The topological polar surface area (TPSA) is 16.4 Å². The van der Waals surface area contributed by atoms with Gasteiger partial charge in [-0.25, -0.2) is 0 Å². The van der Waals surface area contributed by atoms with E-state index >= 15 is 0 Å². The van der Waals surface area contributed by atoms with Gasteiger partial charge in [0.25, 0.3) is 0 Å². The molecule has 0 aliphatic heterocycles. The molecule has 0 radical (unpaired) electrons. The Balaban J connectivity index is 1.67. The fourth-order valence-electron chi connectivity index (χ4n) is 4.30. The third kappa shape index (κ3) is 2.58. The highest BCUT2D eigenvalue weighted by Crippen LogP contribution is 2.41. The van der Waals surface area contributed by atoms with Gasteiger partial charge in [0.05, 0.1) is 5.69 Å². The van der Waals surface area contributed by atoms with Crippen LogP contribution >= 0.6 is 0 Å². The van der Waals surface area contributed by atoms with Crippen LogP contribution in [0.25, 0.3) is 32.7 Å². The molecule has 30 heavy (non-hydrogen) atoms. The smallest absolute Gasteiger partial charge is 0.143 e. The average Bonchev–Trinajstić information content (AvgIpc) is 3.20. The number of rotatable bonds is 3. The largest absolute Gasteiger partial charge is 0.455 e. The van der Waals surface area contributed by atoms with Crippen molar-refractivity contribution in [2.45, 2.75) is 0 Å². The lowest BCUT2D eigenvalue weighted by Gasteiger charge is -2.26. The first-order valence-electron chi connectivity index (χ1n) is 10.1. The van der Waals surface area contributed by atoms with Gasteiger partial charge in [0.2, 0.25) is 0 Å². The second-order valence-electron chi connectivity index (χ2n) is 7.42. The molecule has 0 fully saturated rings. The molecule has 0 saturated carbocycles. The molecule has 2 nitrogen and oxygen atoms in total. The van der Waals surface area contributed by atoms with E-state index in [1.165, 1.54) is 0 Å². The molecule has 0 unspecified atom stereocenters. The molecule has 0 aliphatic rings. The molecule has 0 N–H and O–H groups in total. The first-order chi connectivity index (χ1) is 14.9. The number of nitrogens with zero attached hydrogens (tertiary/aromatic N) is 1.